The third kappa shape index (κ3) is 24.8. The second-order valence-corrected chi connectivity index (χ2v) is 27.2. The van der Waals surface area contributed by atoms with Gasteiger partial charge < -0.3 is 37.5 Å². The van der Waals surface area contributed by atoms with Crippen LogP contribution in [0.1, 0.15) is 156 Å². The molecule has 0 N–H and O–H groups in total. The summed E-state index contributed by atoms with van der Waals surface area (Å²) < 4.78 is 78.2. The van der Waals surface area contributed by atoms with Gasteiger partial charge in [0.25, 0.3) is 0 Å². The van der Waals surface area contributed by atoms with Crippen LogP contribution in [0.5, 0.6) is 17.2 Å². The Kier molecular flexibility index (Phi) is 32.0. The van der Waals surface area contributed by atoms with Crippen molar-refractivity contribution in [3.8, 4) is 17.2 Å². The fourth-order valence-corrected chi connectivity index (χ4v) is 11.8. The van der Waals surface area contributed by atoms with Crippen LogP contribution in [0.2, 0.25) is 0 Å². The largest absolute Gasteiger partial charge is 0.669 e. The summed E-state index contributed by atoms with van der Waals surface area (Å²) >= 11 is 0. The molecule has 15 heteroatoms. The van der Waals surface area contributed by atoms with E-state index >= 15 is 0 Å². The van der Waals surface area contributed by atoms with Crippen molar-refractivity contribution in [2.24, 2.45) is 0 Å². The Labute approximate surface area is 531 Å². The van der Waals surface area contributed by atoms with Gasteiger partial charge in [-0.15, -0.1) is 9.05 Å². The van der Waals surface area contributed by atoms with Crippen LogP contribution in [0.4, 0.5) is 0 Å². The molecule has 0 saturated heterocycles. The Hall–Kier alpha value is -4.82. The average molecular weight is 1250 g/mol. The summed E-state index contributed by atoms with van der Waals surface area (Å²) in [4.78, 5) is 0. The van der Waals surface area contributed by atoms with Gasteiger partial charge in [0.15, 0.2) is 11.5 Å². The van der Waals surface area contributed by atoms with Crippen molar-refractivity contribution in [2.75, 3.05) is 67.1 Å². The van der Waals surface area contributed by atoms with Crippen LogP contribution in [-0.2, 0) is 62.8 Å². The molecular weight excluding hydrogens is 1150 g/mol. The third-order valence-electron chi connectivity index (χ3n) is 15.2. The Morgan fingerprint density at radius 3 is 1.01 bits per heavy atom. The van der Waals surface area contributed by atoms with Gasteiger partial charge in [-0.05, 0) is 124 Å². The number of rotatable bonds is 40. The van der Waals surface area contributed by atoms with E-state index in [0.717, 1.165) is 50.0 Å². The first kappa shape index (κ1) is 73.9. The van der Waals surface area contributed by atoms with E-state index in [-0.39, 0.29) is 53.4 Å². The summed E-state index contributed by atoms with van der Waals surface area (Å²) in [5.41, 5.74) is 6.77. The van der Waals surface area contributed by atoms with Gasteiger partial charge in [0.1, 0.15) is 11.9 Å². The van der Waals surface area contributed by atoms with Crippen molar-refractivity contribution in [2.45, 2.75) is 175 Å². The van der Waals surface area contributed by atoms with Crippen LogP contribution < -0.4 is 13.6 Å². The molecule has 484 valence electrons. The number of hydrogen-bond donors (Lipinski definition) is 0. The monoisotopic (exact) mass is 1250 g/mol. The molecule has 0 saturated carbocycles. The molecule has 0 aliphatic carbocycles. The van der Waals surface area contributed by atoms with Crippen LogP contribution in [0.25, 0.3) is 0 Å². The molecule has 0 fully saturated rings. The summed E-state index contributed by atoms with van der Waals surface area (Å²) in [5, 5.41) is 0. The molecule has 0 aliphatic heterocycles. The van der Waals surface area contributed by atoms with E-state index in [1.165, 1.54) is 22.3 Å². The Morgan fingerprint density at radius 2 is 0.682 bits per heavy atom. The highest BCUT2D eigenvalue weighted by molar-refractivity contribution is 7.57. The third-order valence-corrected chi connectivity index (χ3v) is 18.4. The van der Waals surface area contributed by atoms with Gasteiger partial charge >= 0.3 is 16.8 Å². The SMILES string of the molecule is CCCCOCC(C)OCC(C)OCC(C)OP(OC)Oc1ccc(C(C)(C)c2ccccc2)cc1.CCCCOCC(C)OCC(C)OCC(C)O[P+](OC)(Oc1ccc(C(C)(C)c2ccccc2)cc1)Oc1ccc(C(C)(C)c2ccccc2)cc1. The summed E-state index contributed by atoms with van der Waals surface area (Å²) in [6, 6.07) is 55.7. The number of benzene rings is 6. The van der Waals surface area contributed by atoms with Gasteiger partial charge in [0.2, 0.25) is 0 Å². The predicted octanol–water partition coefficient (Wildman–Crippen LogP) is 18.4. The molecule has 7 atom stereocenters. The molecule has 0 bridgehead atoms. The lowest BCUT2D eigenvalue weighted by atomic mass is 9.78. The summed E-state index contributed by atoms with van der Waals surface area (Å²) in [6.07, 6.45) is 3.60. The predicted molar refractivity (Wildman–Crippen MR) is 359 cm³/mol. The number of ether oxygens (including phenoxy) is 6. The van der Waals surface area contributed by atoms with E-state index < -0.39 is 22.9 Å². The van der Waals surface area contributed by atoms with E-state index in [0.29, 0.717) is 50.3 Å². The first-order valence-electron chi connectivity index (χ1n) is 31.5. The molecule has 6 rings (SSSR count). The fourth-order valence-electron chi connectivity index (χ4n) is 9.30. The maximum atomic E-state index is 6.56. The van der Waals surface area contributed by atoms with Crippen molar-refractivity contribution in [3.05, 3.63) is 197 Å². The topological polar surface area (TPSA) is 120 Å². The molecule has 0 heterocycles. The molecule has 0 spiro atoms. The molecule has 6 aromatic rings. The maximum Gasteiger partial charge on any atom is 0.669 e. The van der Waals surface area contributed by atoms with Crippen LogP contribution in [0.15, 0.2) is 164 Å². The zero-order chi connectivity index (χ0) is 64.0. The molecular formula is C73H105O13P2+. The van der Waals surface area contributed by atoms with Crippen LogP contribution >= 0.6 is 16.8 Å². The lowest BCUT2D eigenvalue weighted by Gasteiger charge is -2.27. The van der Waals surface area contributed by atoms with Gasteiger partial charge in [0, 0.05) is 36.6 Å². The quantitative estimate of drug-likeness (QED) is 0.0268. The minimum Gasteiger partial charge on any atom is -0.427 e. The van der Waals surface area contributed by atoms with E-state index in [2.05, 4.69) is 165 Å². The Morgan fingerprint density at radius 1 is 0.375 bits per heavy atom. The van der Waals surface area contributed by atoms with Crippen LogP contribution in [0.3, 0.4) is 0 Å². The molecule has 7 unspecified atom stereocenters. The lowest BCUT2D eigenvalue weighted by Crippen LogP contribution is -2.28. The lowest BCUT2D eigenvalue weighted by molar-refractivity contribution is -0.0704. The van der Waals surface area contributed by atoms with Crippen molar-refractivity contribution in [3.63, 3.8) is 0 Å². The van der Waals surface area contributed by atoms with Crippen molar-refractivity contribution in [1.29, 1.82) is 0 Å². The number of hydrogen-bond acceptors (Lipinski definition) is 13. The average Bonchev–Trinajstić information content (AvgIpc) is 1.82. The first-order chi connectivity index (χ1) is 42.1. The van der Waals surface area contributed by atoms with Crippen molar-refractivity contribution < 1.29 is 60.1 Å². The molecule has 6 aromatic carbocycles. The zero-order valence-electron chi connectivity index (χ0n) is 55.7. The highest BCUT2D eigenvalue weighted by Gasteiger charge is 2.54. The van der Waals surface area contributed by atoms with Crippen molar-refractivity contribution >= 4 is 16.8 Å². The Bertz CT molecular complexity index is 2670. The van der Waals surface area contributed by atoms with Gasteiger partial charge in [-0.25, -0.2) is 0 Å². The van der Waals surface area contributed by atoms with Crippen LogP contribution in [-0.4, -0.2) is 104 Å². The standard InChI is InChI=1S/C44H60O7P.C29H45O6P/c1-10-11-30-46-31-34(2)47-32-35(3)48-33-36(4)49-52(45-9,50-41-26-22-39(23-27-41)43(5,6)37-18-14-12-15-19-37)51-42-28-24-40(25-29-42)44(7,8)38-20-16-13-17-21-38;1-8-9-19-31-20-23(2)32-21-24(3)33-22-25(4)34-36(30-7)35-28-17-15-27(16-18-28)29(5,6)26-13-11-10-12-14-26/h12-29,34-36H,10-11,30-33H2,1-9H3;10-18,23-25H,8-9,19-22H2,1-7H3/q+1;. The summed E-state index contributed by atoms with van der Waals surface area (Å²) in [6.45, 7) is 33.9. The molecule has 13 nitrogen and oxygen atoms in total. The highest BCUT2D eigenvalue weighted by atomic mass is 31.2. The molecule has 88 heavy (non-hydrogen) atoms. The molecule has 0 aliphatic rings. The fraction of sp³-hybridized carbons (Fsp3) is 0.507. The Balaban J connectivity index is 0.000000343. The van der Waals surface area contributed by atoms with Gasteiger partial charge in [-0.1, -0.05) is 196 Å². The first-order valence-corrected chi connectivity index (χ1v) is 34.0. The zero-order valence-corrected chi connectivity index (χ0v) is 57.5. The van der Waals surface area contributed by atoms with E-state index in [1.54, 1.807) is 14.2 Å². The smallest absolute Gasteiger partial charge is 0.427 e. The number of unbranched alkanes of at least 4 members (excludes halogenated alkanes) is 2. The van der Waals surface area contributed by atoms with E-state index in [1.807, 2.05) is 96.1 Å². The molecule has 0 radical (unpaired) electrons. The van der Waals surface area contributed by atoms with E-state index in [9.17, 15) is 0 Å². The van der Waals surface area contributed by atoms with Gasteiger partial charge in [-0.3, -0.25) is 13.6 Å². The molecule has 0 amide bonds. The summed E-state index contributed by atoms with van der Waals surface area (Å²) in [7, 11) is -1.84. The second kappa shape index (κ2) is 38.1. The van der Waals surface area contributed by atoms with Crippen molar-refractivity contribution in [1.82, 2.24) is 0 Å². The van der Waals surface area contributed by atoms with Gasteiger partial charge in [0.05, 0.1) is 77.3 Å². The highest BCUT2D eigenvalue weighted by Crippen LogP contribution is 2.62. The van der Waals surface area contributed by atoms with E-state index in [4.69, 9.17) is 60.1 Å². The molecule has 0 aromatic heterocycles. The normalized spacial score (nSPS) is 14.6. The second-order valence-electron chi connectivity index (χ2n) is 24.1. The van der Waals surface area contributed by atoms with Gasteiger partial charge in [-0.2, -0.15) is 0 Å². The van der Waals surface area contributed by atoms with Crippen LogP contribution in [0, 0.1) is 0 Å². The summed E-state index contributed by atoms with van der Waals surface area (Å²) in [5.74, 6) is 1.87. The minimum atomic E-state index is -3.44. The minimum absolute atomic E-state index is 0.0141. The maximum absolute atomic E-state index is 6.56.